The highest BCUT2D eigenvalue weighted by molar-refractivity contribution is 9.10. The number of carbonyl (C=O) groups is 1. The molecule has 3 aromatic carbocycles. The Bertz CT molecular complexity index is 1120. The first-order chi connectivity index (χ1) is 13.3. The molecule has 0 amide bonds. The maximum atomic E-state index is 12.0. The van der Waals surface area contributed by atoms with Crippen molar-refractivity contribution in [2.75, 3.05) is 12.9 Å². The van der Waals surface area contributed by atoms with Gasteiger partial charge in [0.1, 0.15) is 11.5 Å². The first kappa shape index (κ1) is 20.4. The summed E-state index contributed by atoms with van der Waals surface area (Å²) in [4.78, 5) is 11.9. The summed E-state index contributed by atoms with van der Waals surface area (Å²) in [6.07, 6.45) is 0.131. The molecule has 0 aliphatic carbocycles. The summed E-state index contributed by atoms with van der Waals surface area (Å²) in [5.41, 5.74) is 0.766. The third kappa shape index (κ3) is 4.54. The van der Waals surface area contributed by atoms with Gasteiger partial charge < -0.3 is 9.47 Å². The molecule has 0 bridgehead atoms. The second-order valence-corrected chi connectivity index (χ2v) is 9.38. The minimum Gasteiger partial charge on any atom is -0.469 e. The molecule has 0 aliphatic heterocycles. The largest absolute Gasteiger partial charge is 0.469 e. The predicted octanol–water partition coefficient (Wildman–Crippen LogP) is 4.90. The summed E-state index contributed by atoms with van der Waals surface area (Å²) in [7, 11) is -1.91. The van der Waals surface area contributed by atoms with Crippen LogP contribution >= 0.6 is 15.9 Å². The minimum atomic E-state index is -3.26. The fourth-order valence-corrected chi connectivity index (χ4v) is 4.03. The molecule has 5 nitrogen and oxygen atoms in total. The van der Waals surface area contributed by atoms with E-state index in [0.29, 0.717) is 11.5 Å². The van der Waals surface area contributed by atoms with E-state index in [9.17, 15) is 13.2 Å². The molecular weight excluding hydrogens is 444 g/mol. The van der Waals surface area contributed by atoms with Crippen molar-refractivity contribution in [2.45, 2.75) is 18.2 Å². The number of esters is 1. The number of ether oxygens (including phenoxy) is 2. The Labute approximate surface area is 172 Å². The van der Waals surface area contributed by atoms with Gasteiger partial charge in [0.25, 0.3) is 0 Å². The molecule has 0 atom stereocenters. The molecule has 146 valence electrons. The monoisotopic (exact) mass is 462 g/mol. The van der Waals surface area contributed by atoms with Crippen LogP contribution in [-0.4, -0.2) is 27.2 Å². The number of fused-ring (bicyclic) bond motifs is 1. The molecule has 0 spiro atoms. The van der Waals surface area contributed by atoms with Crippen LogP contribution in [0.4, 0.5) is 0 Å². The number of hydrogen-bond donors (Lipinski definition) is 0. The van der Waals surface area contributed by atoms with Crippen molar-refractivity contribution in [1.29, 1.82) is 0 Å². The maximum absolute atomic E-state index is 12.0. The molecule has 3 aromatic rings. The highest BCUT2D eigenvalue weighted by Crippen LogP contribution is 2.34. The van der Waals surface area contributed by atoms with Gasteiger partial charge in [-0.05, 0) is 53.4 Å². The van der Waals surface area contributed by atoms with E-state index >= 15 is 0 Å². The van der Waals surface area contributed by atoms with Gasteiger partial charge in [0.2, 0.25) is 0 Å². The summed E-state index contributed by atoms with van der Waals surface area (Å²) in [5, 5.41) is 1.79. The van der Waals surface area contributed by atoms with E-state index in [1.54, 1.807) is 25.1 Å². The summed E-state index contributed by atoms with van der Waals surface area (Å²) >= 11 is 3.46. The van der Waals surface area contributed by atoms with Crippen LogP contribution in [0.3, 0.4) is 0 Å². The second kappa shape index (κ2) is 8.32. The average molecular weight is 463 g/mol. The Balaban J connectivity index is 2.01. The van der Waals surface area contributed by atoms with Gasteiger partial charge in [0.05, 0.1) is 24.2 Å². The molecule has 0 heterocycles. The standard InChI is InChI=1S/C21H19BrO5S/c1-3-28(24,25)18-8-6-17(7-9-18)27-20-11-14(12-21(23)26-2)10-15-4-5-16(22)13-19(15)20/h4-11,13H,3,12H2,1-2H3. The van der Waals surface area contributed by atoms with Gasteiger partial charge in [-0.25, -0.2) is 8.42 Å². The molecule has 0 N–H and O–H groups in total. The van der Waals surface area contributed by atoms with E-state index < -0.39 is 9.84 Å². The number of hydrogen-bond acceptors (Lipinski definition) is 5. The third-order valence-electron chi connectivity index (χ3n) is 4.31. The summed E-state index contributed by atoms with van der Waals surface area (Å²) < 4.78 is 35.6. The SMILES string of the molecule is CCS(=O)(=O)c1ccc(Oc2cc(CC(=O)OC)cc3ccc(Br)cc23)cc1. The zero-order valence-corrected chi connectivity index (χ0v) is 17.8. The Morgan fingerprint density at radius 3 is 2.39 bits per heavy atom. The lowest BCUT2D eigenvalue weighted by atomic mass is 10.0. The number of carbonyl (C=O) groups excluding carboxylic acids is 1. The van der Waals surface area contributed by atoms with Gasteiger partial charge in [0.15, 0.2) is 9.84 Å². The third-order valence-corrected chi connectivity index (χ3v) is 6.55. The van der Waals surface area contributed by atoms with Crippen LogP contribution in [0.15, 0.2) is 64.0 Å². The van der Waals surface area contributed by atoms with Crippen molar-refractivity contribution < 1.29 is 22.7 Å². The van der Waals surface area contributed by atoms with Crippen molar-refractivity contribution in [3.8, 4) is 11.5 Å². The van der Waals surface area contributed by atoms with Crippen LogP contribution in [0.1, 0.15) is 12.5 Å². The molecular formula is C21H19BrO5S. The molecule has 0 saturated heterocycles. The summed E-state index contributed by atoms with van der Waals surface area (Å²) in [6.45, 7) is 1.61. The van der Waals surface area contributed by atoms with Gasteiger partial charge in [-0.3, -0.25) is 4.79 Å². The van der Waals surface area contributed by atoms with E-state index in [-0.39, 0.29) is 23.0 Å². The van der Waals surface area contributed by atoms with Crippen LogP contribution in [0.2, 0.25) is 0 Å². The van der Waals surface area contributed by atoms with Gasteiger partial charge in [-0.2, -0.15) is 0 Å². The Morgan fingerprint density at radius 2 is 1.75 bits per heavy atom. The van der Waals surface area contributed by atoms with Crippen LogP contribution in [-0.2, 0) is 25.8 Å². The highest BCUT2D eigenvalue weighted by atomic mass is 79.9. The average Bonchev–Trinajstić information content (AvgIpc) is 2.69. The Morgan fingerprint density at radius 1 is 1.04 bits per heavy atom. The first-order valence-electron chi connectivity index (χ1n) is 8.62. The van der Waals surface area contributed by atoms with E-state index in [0.717, 1.165) is 20.8 Å². The maximum Gasteiger partial charge on any atom is 0.309 e. The fourth-order valence-electron chi connectivity index (χ4n) is 2.79. The zero-order valence-electron chi connectivity index (χ0n) is 15.4. The van der Waals surface area contributed by atoms with Crippen molar-refractivity contribution in [1.82, 2.24) is 0 Å². The molecule has 0 aromatic heterocycles. The molecule has 3 rings (SSSR count). The lowest BCUT2D eigenvalue weighted by Crippen LogP contribution is -2.04. The van der Waals surface area contributed by atoms with Crippen LogP contribution < -0.4 is 4.74 Å². The number of rotatable bonds is 6. The normalized spacial score (nSPS) is 11.4. The Hall–Kier alpha value is -2.38. The molecule has 28 heavy (non-hydrogen) atoms. The smallest absolute Gasteiger partial charge is 0.309 e. The molecule has 0 unspecified atom stereocenters. The topological polar surface area (TPSA) is 69.7 Å². The summed E-state index contributed by atoms with van der Waals surface area (Å²) in [6, 6.07) is 15.8. The van der Waals surface area contributed by atoms with Gasteiger partial charge in [-0.15, -0.1) is 0 Å². The van der Waals surface area contributed by atoms with Gasteiger partial charge >= 0.3 is 5.97 Å². The van der Waals surface area contributed by atoms with Crippen molar-refractivity contribution in [2.24, 2.45) is 0 Å². The lowest BCUT2D eigenvalue weighted by Gasteiger charge is -2.12. The van der Waals surface area contributed by atoms with Gasteiger partial charge in [0, 0.05) is 9.86 Å². The molecule has 7 heteroatoms. The number of sulfone groups is 1. The van der Waals surface area contributed by atoms with E-state index in [2.05, 4.69) is 15.9 Å². The van der Waals surface area contributed by atoms with Crippen LogP contribution in [0.5, 0.6) is 11.5 Å². The van der Waals surface area contributed by atoms with Crippen molar-refractivity contribution >= 4 is 42.5 Å². The molecule has 0 radical (unpaired) electrons. The number of benzene rings is 3. The van der Waals surface area contributed by atoms with E-state index in [1.165, 1.54) is 19.2 Å². The highest BCUT2D eigenvalue weighted by Gasteiger charge is 2.13. The Kier molecular flexibility index (Phi) is 6.05. The number of halogens is 1. The van der Waals surface area contributed by atoms with Crippen LogP contribution in [0.25, 0.3) is 10.8 Å². The second-order valence-electron chi connectivity index (χ2n) is 6.19. The van der Waals surface area contributed by atoms with E-state index in [4.69, 9.17) is 9.47 Å². The summed E-state index contributed by atoms with van der Waals surface area (Å²) in [5.74, 6) is 0.786. The quantitative estimate of drug-likeness (QED) is 0.487. The molecule has 0 fully saturated rings. The first-order valence-corrected chi connectivity index (χ1v) is 11.1. The van der Waals surface area contributed by atoms with Crippen molar-refractivity contribution in [3.63, 3.8) is 0 Å². The zero-order chi connectivity index (χ0) is 20.3. The molecule has 0 aliphatic rings. The predicted molar refractivity (Wildman–Crippen MR) is 112 cm³/mol. The van der Waals surface area contributed by atoms with Gasteiger partial charge in [-0.1, -0.05) is 35.0 Å². The molecule has 0 saturated carbocycles. The number of methoxy groups -OCH3 is 1. The van der Waals surface area contributed by atoms with Crippen LogP contribution in [0, 0.1) is 0 Å². The lowest BCUT2D eigenvalue weighted by molar-refractivity contribution is -0.139. The minimum absolute atomic E-state index is 0.0431. The fraction of sp³-hybridized carbons (Fsp3) is 0.190. The van der Waals surface area contributed by atoms with Crippen molar-refractivity contribution in [3.05, 3.63) is 64.6 Å². The van der Waals surface area contributed by atoms with E-state index in [1.807, 2.05) is 24.3 Å².